The van der Waals surface area contributed by atoms with E-state index in [0.717, 1.165) is 17.2 Å². The van der Waals surface area contributed by atoms with E-state index in [0.29, 0.717) is 22.4 Å². The summed E-state index contributed by atoms with van der Waals surface area (Å²) < 4.78 is 24.9. The van der Waals surface area contributed by atoms with Crippen molar-refractivity contribution in [2.75, 3.05) is 0 Å². The van der Waals surface area contributed by atoms with Gasteiger partial charge >= 0.3 is 11.9 Å². The minimum atomic E-state index is -0.613. The number of carbonyl (C=O) groups is 2. The molecule has 0 spiro atoms. The standard InChI is InChI=1S/C22H21FO4/c1-12(2)21(24)26-16-7-8-18(19(23)11-16)17-9-10-20(15(6)14(17)5)27-22(25)13(3)4/h7-11H,1,3H2,2,4-6H3. The third kappa shape index (κ3) is 4.50. The van der Waals surface area contributed by atoms with Crippen molar-refractivity contribution in [2.45, 2.75) is 27.7 Å². The molecule has 0 aliphatic rings. The highest BCUT2D eigenvalue weighted by atomic mass is 19.1. The van der Waals surface area contributed by atoms with Crippen LogP contribution in [0, 0.1) is 19.7 Å². The molecule has 0 N–H and O–H groups in total. The van der Waals surface area contributed by atoms with Gasteiger partial charge in [-0.25, -0.2) is 14.0 Å². The van der Waals surface area contributed by atoms with Crippen molar-refractivity contribution in [3.63, 3.8) is 0 Å². The molecule has 0 heterocycles. The molecule has 0 fully saturated rings. The lowest BCUT2D eigenvalue weighted by atomic mass is 9.96. The fraction of sp³-hybridized carbons (Fsp3) is 0.182. The summed E-state index contributed by atoms with van der Waals surface area (Å²) in [7, 11) is 0. The predicted octanol–water partition coefficient (Wildman–Crippen LogP) is 5.07. The topological polar surface area (TPSA) is 52.6 Å². The van der Waals surface area contributed by atoms with Gasteiger partial charge in [0.25, 0.3) is 0 Å². The van der Waals surface area contributed by atoms with Gasteiger partial charge in [0, 0.05) is 22.8 Å². The monoisotopic (exact) mass is 368 g/mol. The highest BCUT2D eigenvalue weighted by Gasteiger charge is 2.16. The average molecular weight is 368 g/mol. The summed E-state index contributed by atoms with van der Waals surface area (Å²) in [6.07, 6.45) is 0. The maximum Gasteiger partial charge on any atom is 0.338 e. The summed E-state index contributed by atoms with van der Waals surface area (Å²) in [6.45, 7) is 13.7. The zero-order valence-corrected chi connectivity index (χ0v) is 15.8. The van der Waals surface area contributed by atoms with Crippen molar-refractivity contribution >= 4 is 11.9 Å². The van der Waals surface area contributed by atoms with Crippen molar-refractivity contribution in [3.8, 4) is 22.6 Å². The largest absolute Gasteiger partial charge is 0.423 e. The SMILES string of the molecule is C=C(C)C(=O)Oc1ccc(-c2ccc(OC(=O)C(=C)C)c(C)c2C)c(F)c1. The van der Waals surface area contributed by atoms with Gasteiger partial charge < -0.3 is 9.47 Å². The maximum atomic E-state index is 14.6. The molecule has 0 bridgehead atoms. The molecule has 0 aromatic heterocycles. The van der Waals surface area contributed by atoms with Gasteiger partial charge in [-0.3, -0.25) is 0 Å². The maximum absolute atomic E-state index is 14.6. The van der Waals surface area contributed by atoms with E-state index in [1.807, 2.05) is 6.92 Å². The molecule has 4 nitrogen and oxygen atoms in total. The van der Waals surface area contributed by atoms with E-state index in [-0.39, 0.29) is 11.3 Å². The Morgan fingerprint density at radius 2 is 1.41 bits per heavy atom. The van der Waals surface area contributed by atoms with E-state index in [1.165, 1.54) is 19.1 Å². The Balaban J connectivity index is 2.37. The van der Waals surface area contributed by atoms with E-state index in [1.54, 1.807) is 26.0 Å². The molecule has 0 aliphatic heterocycles. The first-order chi connectivity index (χ1) is 12.6. The van der Waals surface area contributed by atoms with Crippen molar-refractivity contribution < 1.29 is 23.5 Å². The molecule has 140 valence electrons. The quantitative estimate of drug-likeness (QED) is 0.420. The third-order valence-electron chi connectivity index (χ3n) is 4.08. The van der Waals surface area contributed by atoms with Crippen LogP contribution in [0.1, 0.15) is 25.0 Å². The van der Waals surface area contributed by atoms with Crippen LogP contribution in [0.15, 0.2) is 54.6 Å². The minimum absolute atomic E-state index is 0.102. The number of carbonyl (C=O) groups excluding carboxylic acids is 2. The summed E-state index contributed by atoms with van der Waals surface area (Å²) in [5.41, 5.74) is 3.02. The van der Waals surface area contributed by atoms with Crippen molar-refractivity contribution in [2.24, 2.45) is 0 Å². The molecule has 0 unspecified atom stereocenters. The molecular weight excluding hydrogens is 347 g/mol. The van der Waals surface area contributed by atoms with Gasteiger partial charge in [0.1, 0.15) is 17.3 Å². The summed E-state index contributed by atoms with van der Waals surface area (Å²) in [5, 5.41) is 0. The lowest BCUT2D eigenvalue weighted by Crippen LogP contribution is -2.10. The molecule has 2 aromatic carbocycles. The Labute approximate surface area is 157 Å². The normalized spacial score (nSPS) is 10.3. The van der Waals surface area contributed by atoms with Crippen molar-refractivity contribution in [3.05, 3.63) is 71.6 Å². The number of benzene rings is 2. The zero-order valence-electron chi connectivity index (χ0n) is 15.8. The van der Waals surface area contributed by atoms with Crippen LogP contribution in [0.4, 0.5) is 4.39 Å². The van der Waals surface area contributed by atoms with E-state index in [4.69, 9.17) is 9.47 Å². The van der Waals surface area contributed by atoms with Gasteiger partial charge in [-0.1, -0.05) is 19.2 Å². The first kappa shape index (κ1) is 20.1. The Bertz CT molecular complexity index is 957. The van der Waals surface area contributed by atoms with Crippen LogP contribution in [0.25, 0.3) is 11.1 Å². The second-order valence-corrected chi connectivity index (χ2v) is 6.34. The summed E-state index contributed by atoms with van der Waals surface area (Å²) in [5.74, 6) is -1.16. The number of hydrogen-bond donors (Lipinski definition) is 0. The van der Waals surface area contributed by atoms with Gasteiger partial charge in [-0.2, -0.15) is 0 Å². The van der Waals surface area contributed by atoms with Crippen LogP contribution in [0.5, 0.6) is 11.5 Å². The molecule has 0 saturated carbocycles. The fourth-order valence-corrected chi connectivity index (χ4v) is 2.36. The van der Waals surface area contributed by atoms with E-state index >= 15 is 0 Å². The molecule has 0 saturated heterocycles. The van der Waals surface area contributed by atoms with E-state index in [9.17, 15) is 14.0 Å². The summed E-state index contributed by atoms with van der Waals surface area (Å²) in [6, 6.07) is 7.51. The van der Waals surface area contributed by atoms with E-state index < -0.39 is 17.8 Å². The van der Waals surface area contributed by atoms with Crippen LogP contribution < -0.4 is 9.47 Å². The smallest absolute Gasteiger partial charge is 0.338 e. The summed E-state index contributed by atoms with van der Waals surface area (Å²) in [4.78, 5) is 23.3. The molecule has 27 heavy (non-hydrogen) atoms. The van der Waals surface area contributed by atoms with Crippen molar-refractivity contribution in [1.82, 2.24) is 0 Å². The number of ether oxygens (including phenoxy) is 2. The lowest BCUT2D eigenvalue weighted by molar-refractivity contribution is -0.131. The van der Waals surface area contributed by atoms with Crippen LogP contribution in [0.3, 0.4) is 0 Å². The predicted molar refractivity (Wildman–Crippen MR) is 102 cm³/mol. The van der Waals surface area contributed by atoms with Gasteiger partial charge in [0.05, 0.1) is 0 Å². The fourth-order valence-electron chi connectivity index (χ4n) is 2.36. The minimum Gasteiger partial charge on any atom is -0.423 e. The number of hydrogen-bond acceptors (Lipinski definition) is 4. The Morgan fingerprint density at radius 3 is 1.96 bits per heavy atom. The highest BCUT2D eigenvalue weighted by molar-refractivity contribution is 5.89. The summed E-state index contributed by atoms with van der Waals surface area (Å²) >= 11 is 0. The van der Waals surface area contributed by atoms with Crippen LogP contribution in [0.2, 0.25) is 0 Å². The van der Waals surface area contributed by atoms with Crippen LogP contribution >= 0.6 is 0 Å². The van der Waals surface area contributed by atoms with Gasteiger partial charge in [0.2, 0.25) is 0 Å². The first-order valence-electron chi connectivity index (χ1n) is 8.27. The Hall–Kier alpha value is -3.21. The van der Waals surface area contributed by atoms with Gasteiger partial charge in [0.15, 0.2) is 0 Å². The van der Waals surface area contributed by atoms with Gasteiger partial charge in [-0.05, 0) is 62.6 Å². The van der Waals surface area contributed by atoms with E-state index in [2.05, 4.69) is 13.2 Å². The molecule has 0 aliphatic carbocycles. The molecule has 0 amide bonds. The van der Waals surface area contributed by atoms with Crippen LogP contribution in [-0.2, 0) is 9.59 Å². The molecule has 0 atom stereocenters. The molecule has 2 aromatic rings. The lowest BCUT2D eigenvalue weighted by Gasteiger charge is -2.15. The number of halogens is 1. The highest BCUT2D eigenvalue weighted by Crippen LogP contribution is 2.34. The second-order valence-electron chi connectivity index (χ2n) is 6.34. The molecule has 5 heteroatoms. The molecule has 2 rings (SSSR count). The molecular formula is C22H21FO4. The zero-order chi connectivity index (χ0) is 20.3. The van der Waals surface area contributed by atoms with Crippen molar-refractivity contribution in [1.29, 1.82) is 0 Å². The Kier molecular flexibility index (Phi) is 5.95. The third-order valence-corrected chi connectivity index (χ3v) is 4.08. The number of rotatable bonds is 5. The second kappa shape index (κ2) is 7.99. The Morgan fingerprint density at radius 1 is 0.852 bits per heavy atom. The average Bonchev–Trinajstić information content (AvgIpc) is 2.59. The molecule has 0 radical (unpaired) electrons. The first-order valence-corrected chi connectivity index (χ1v) is 8.27. The van der Waals surface area contributed by atoms with Gasteiger partial charge in [-0.15, -0.1) is 0 Å². The van der Waals surface area contributed by atoms with Crippen LogP contribution in [-0.4, -0.2) is 11.9 Å². The number of esters is 2.